The van der Waals surface area contributed by atoms with Gasteiger partial charge in [0.05, 0.1) is 17.5 Å². The van der Waals surface area contributed by atoms with Gasteiger partial charge in [-0.05, 0) is 12.5 Å². The highest BCUT2D eigenvalue weighted by molar-refractivity contribution is 5.95. The number of aromatic nitrogens is 5. The number of hydrogen-bond acceptors (Lipinski definition) is 5. The first-order chi connectivity index (χ1) is 11.7. The van der Waals surface area contributed by atoms with E-state index in [1.165, 1.54) is 6.33 Å². The molecule has 120 valence electrons. The van der Waals surface area contributed by atoms with Gasteiger partial charge in [0.25, 0.3) is 0 Å². The maximum absolute atomic E-state index is 12.1. The number of H-pyrrole nitrogens is 1. The number of nitrogens with two attached hydrogens (primary N) is 1. The average molecular weight is 321 g/mol. The molecule has 4 N–H and O–H groups in total. The van der Waals surface area contributed by atoms with Crippen LogP contribution < -0.4 is 11.1 Å². The van der Waals surface area contributed by atoms with E-state index in [0.29, 0.717) is 17.2 Å². The summed E-state index contributed by atoms with van der Waals surface area (Å²) < 4.78 is 1.64. The number of anilines is 1. The Hall–Kier alpha value is -3.42. The average Bonchev–Trinajstić information content (AvgIpc) is 3.23. The highest BCUT2D eigenvalue weighted by Crippen LogP contribution is 2.37. The Morgan fingerprint density at radius 3 is 2.83 bits per heavy atom. The number of nitrogens with one attached hydrogen (secondary N) is 2. The Bertz CT molecular complexity index is 938. The molecule has 8 nitrogen and oxygen atoms in total. The van der Waals surface area contributed by atoms with Gasteiger partial charge in [0, 0.05) is 11.3 Å². The molecule has 1 aliphatic heterocycles. The molecule has 0 saturated heterocycles. The van der Waals surface area contributed by atoms with Crippen LogP contribution in [0.25, 0.3) is 11.3 Å². The van der Waals surface area contributed by atoms with Gasteiger partial charge in [-0.25, -0.2) is 4.68 Å². The van der Waals surface area contributed by atoms with Crippen LogP contribution in [0, 0.1) is 0 Å². The Kier molecular flexibility index (Phi) is 3.16. The molecule has 0 aliphatic carbocycles. The van der Waals surface area contributed by atoms with Crippen LogP contribution in [0.15, 0.2) is 54.1 Å². The van der Waals surface area contributed by atoms with Gasteiger partial charge in [0.2, 0.25) is 11.9 Å². The fourth-order valence-electron chi connectivity index (χ4n) is 3.04. The molecular weight excluding hydrogens is 306 g/mol. The maximum atomic E-state index is 12.1. The zero-order valence-corrected chi connectivity index (χ0v) is 12.9. The third-order valence-electron chi connectivity index (χ3n) is 4.09. The van der Waals surface area contributed by atoms with E-state index < -0.39 is 11.9 Å². The quantitative estimate of drug-likeness (QED) is 0.675. The van der Waals surface area contributed by atoms with Crippen molar-refractivity contribution < 1.29 is 4.79 Å². The van der Waals surface area contributed by atoms with Crippen molar-refractivity contribution in [1.82, 2.24) is 25.0 Å². The van der Waals surface area contributed by atoms with Crippen LogP contribution >= 0.6 is 0 Å². The lowest BCUT2D eigenvalue weighted by atomic mass is 9.93. The van der Waals surface area contributed by atoms with Gasteiger partial charge in [0.15, 0.2) is 0 Å². The third-order valence-corrected chi connectivity index (χ3v) is 4.09. The Morgan fingerprint density at radius 1 is 1.29 bits per heavy atom. The summed E-state index contributed by atoms with van der Waals surface area (Å²) in [7, 11) is 0. The van der Waals surface area contributed by atoms with E-state index in [0.717, 1.165) is 16.8 Å². The van der Waals surface area contributed by atoms with E-state index in [1.54, 1.807) is 17.8 Å². The van der Waals surface area contributed by atoms with Crippen molar-refractivity contribution in [3.63, 3.8) is 0 Å². The van der Waals surface area contributed by atoms with Gasteiger partial charge in [-0.1, -0.05) is 30.3 Å². The van der Waals surface area contributed by atoms with Crippen molar-refractivity contribution in [3.8, 4) is 11.3 Å². The monoisotopic (exact) mass is 321 g/mol. The number of allylic oxidation sites excluding steroid dienone is 1. The zero-order chi connectivity index (χ0) is 16.7. The molecule has 1 aromatic carbocycles. The van der Waals surface area contributed by atoms with Crippen molar-refractivity contribution >= 4 is 11.9 Å². The third kappa shape index (κ3) is 2.08. The number of rotatable bonds is 3. The lowest BCUT2D eigenvalue weighted by molar-refractivity contribution is -0.115. The SMILES string of the molecule is CC1=C(C(N)=O)C(c2cn[nH]c2-c2ccccc2)n2ncnc2N1. The summed E-state index contributed by atoms with van der Waals surface area (Å²) >= 11 is 0. The van der Waals surface area contributed by atoms with Gasteiger partial charge >= 0.3 is 0 Å². The Labute approximate surface area is 137 Å². The molecule has 3 heterocycles. The molecule has 8 heteroatoms. The minimum atomic E-state index is -0.508. The highest BCUT2D eigenvalue weighted by Gasteiger charge is 2.34. The van der Waals surface area contributed by atoms with Gasteiger partial charge in [-0.3, -0.25) is 9.89 Å². The molecule has 0 fully saturated rings. The standard InChI is InChI=1S/C16H15N7O/c1-9-12(15(17)24)14(23-16(21-9)18-8-20-23)11-7-19-22-13(11)10-5-3-2-4-6-10/h2-8,14H,1H3,(H2,17,24)(H,19,22)(H,18,20,21). The number of carbonyl (C=O) groups is 1. The molecule has 0 radical (unpaired) electrons. The number of amides is 1. The van der Waals surface area contributed by atoms with Crippen LogP contribution in [0.3, 0.4) is 0 Å². The molecule has 1 atom stereocenters. The number of fused-ring (bicyclic) bond motifs is 1. The molecule has 1 amide bonds. The molecule has 0 bridgehead atoms. The van der Waals surface area contributed by atoms with Crippen molar-refractivity contribution in [1.29, 1.82) is 0 Å². The van der Waals surface area contributed by atoms with Crippen LogP contribution in [-0.2, 0) is 4.79 Å². The van der Waals surface area contributed by atoms with E-state index in [9.17, 15) is 4.79 Å². The lowest BCUT2D eigenvalue weighted by Crippen LogP contribution is -2.31. The number of nitrogens with zero attached hydrogens (tertiary/aromatic N) is 4. The topological polar surface area (TPSA) is 115 Å². The van der Waals surface area contributed by atoms with E-state index >= 15 is 0 Å². The van der Waals surface area contributed by atoms with Gasteiger partial charge in [-0.2, -0.15) is 15.2 Å². The van der Waals surface area contributed by atoms with Crippen LogP contribution in [0.5, 0.6) is 0 Å². The number of aromatic amines is 1. The van der Waals surface area contributed by atoms with Crippen LogP contribution in [-0.4, -0.2) is 30.9 Å². The van der Waals surface area contributed by atoms with Crippen molar-refractivity contribution in [3.05, 3.63) is 59.7 Å². The summed E-state index contributed by atoms with van der Waals surface area (Å²) in [6.45, 7) is 1.80. The fraction of sp³-hybridized carbons (Fsp3) is 0.125. The van der Waals surface area contributed by atoms with Gasteiger partial charge in [0.1, 0.15) is 12.4 Å². The smallest absolute Gasteiger partial charge is 0.248 e. The summed E-state index contributed by atoms with van der Waals surface area (Å²) in [4.78, 5) is 16.3. The van der Waals surface area contributed by atoms with Crippen LogP contribution in [0.2, 0.25) is 0 Å². The summed E-state index contributed by atoms with van der Waals surface area (Å²) in [5.41, 5.74) is 9.32. The predicted molar refractivity (Wildman–Crippen MR) is 87.7 cm³/mol. The number of carbonyl (C=O) groups excluding carboxylic acids is 1. The highest BCUT2D eigenvalue weighted by atomic mass is 16.1. The summed E-state index contributed by atoms with van der Waals surface area (Å²) in [5.74, 6) is 0.0501. The molecule has 3 aromatic rings. The largest absolute Gasteiger partial charge is 0.366 e. The number of primary amides is 1. The second kappa shape index (κ2) is 5.34. The maximum Gasteiger partial charge on any atom is 0.248 e. The summed E-state index contributed by atoms with van der Waals surface area (Å²) in [5, 5.41) is 14.5. The molecule has 0 saturated carbocycles. The first-order valence-electron chi connectivity index (χ1n) is 7.42. The lowest BCUT2D eigenvalue weighted by Gasteiger charge is -2.27. The second-order valence-corrected chi connectivity index (χ2v) is 5.53. The van der Waals surface area contributed by atoms with Crippen molar-refractivity contribution in [2.75, 3.05) is 5.32 Å². The summed E-state index contributed by atoms with van der Waals surface area (Å²) in [6.07, 6.45) is 3.13. The Balaban J connectivity index is 1.93. The van der Waals surface area contributed by atoms with E-state index in [4.69, 9.17) is 5.73 Å². The minimum absolute atomic E-state index is 0.437. The van der Waals surface area contributed by atoms with Crippen molar-refractivity contribution in [2.24, 2.45) is 5.73 Å². The molecular formula is C16H15N7O. The van der Waals surface area contributed by atoms with E-state index in [-0.39, 0.29) is 0 Å². The Morgan fingerprint density at radius 2 is 2.08 bits per heavy atom. The molecule has 0 spiro atoms. The summed E-state index contributed by atoms with van der Waals surface area (Å²) in [6, 6.07) is 9.29. The van der Waals surface area contributed by atoms with Gasteiger partial charge in [-0.15, -0.1) is 0 Å². The first kappa shape index (κ1) is 14.2. The number of hydrogen-bond donors (Lipinski definition) is 3. The normalized spacial score (nSPS) is 16.6. The predicted octanol–water partition coefficient (Wildman–Crippen LogP) is 1.44. The minimum Gasteiger partial charge on any atom is -0.366 e. The zero-order valence-electron chi connectivity index (χ0n) is 12.9. The molecule has 2 aromatic heterocycles. The van der Waals surface area contributed by atoms with E-state index in [1.807, 2.05) is 30.3 Å². The van der Waals surface area contributed by atoms with E-state index in [2.05, 4.69) is 25.6 Å². The van der Waals surface area contributed by atoms with Crippen molar-refractivity contribution in [2.45, 2.75) is 13.0 Å². The molecule has 4 rings (SSSR count). The van der Waals surface area contributed by atoms with Crippen LogP contribution in [0.4, 0.5) is 5.95 Å². The second-order valence-electron chi connectivity index (χ2n) is 5.53. The van der Waals surface area contributed by atoms with Crippen LogP contribution in [0.1, 0.15) is 18.5 Å². The molecule has 1 aliphatic rings. The first-order valence-corrected chi connectivity index (χ1v) is 7.42. The van der Waals surface area contributed by atoms with Gasteiger partial charge < -0.3 is 11.1 Å². The fourth-order valence-corrected chi connectivity index (χ4v) is 3.04. The number of benzene rings is 1. The molecule has 1 unspecified atom stereocenters. The molecule has 24 heavy (non-hydrogen) atoms.